The fraction of sp³-hybridized carbons (Fsp3) is 0.0667. The minimum Gasteiger partial charge on any atom is -0.255 e. The first-order chi connectivity index (χ1) is 10.2. The molecule has 0 saturated carbocycles. The van der Waals surface area contributed by atoms with Crippen molar-refractivity contribution in [1.29, 1.82) is 5.26 Å². The topological polar surface area (TPSA) is 78.2 Å². The van der Waals surface area contributed by atoms with Gasteiger partial charge in [-0.25, -0.2) is 5.10 Å². The number of halogens is 1. The number of aryl methyl sites for hydroxylation is 1. The van der Waals surface area contributed by atoms with Crippen LogP contribution in [0, 0.1) is 18.3 Å². The highest BCUT2D eigenvalue weighted by atomic mass is 35.5. The number of rotatable bonds is 2. The lowest BCUT2D eigenvalue weighted by molar-refractivity contribution is 0.937. The first-order valence-electron chi connectivity index (χ1n) is 6.22. The lowest BCUT2D eigenvalue weighted by atomic mass is 10.0. The third-order valence-electron chi connectivity index (χ3n) is 3.03. The van der Waals surface area contributed by atoms with Crippen molar-refractivity contribution in [2.24, 2.45) is 0 Å². The Morgan fingerprint density at radius 3 is 2.71 bits per heavy atom. The molecule has 21 heavy (non-hydrogen) atoms. The Kier molecular flexibility index (Phi) is 3.38. The maximum Gasteiger partial charge on any atom is 0.163 e. The van der Waals surface area contributed by atoms with Crippen molar-refractivity contribution >= 4 is 11.6 Å². The van der Waals surface area contributed by atoms with Gasteiger partial charge in [-0.2, -0.15) is 5.26 Å². The van der Waals surface area contributed by atoms with E-state index in [2.05, 4.69) is 20.4 Å². The van der Waals surface area contributed by atoms with E-state index in [1.165, 1.54) is 0 Å². The second kappa shape index (κ2) is 5.35. The number of hydrogen-bond donors (Lipinski definition) is 1. The molecule has 0 spiro atoms. The van der Waals surface area contributed by atoms with Crippen molar-refractivity contribution in [3.8, 4) is 28.6 Å². The van der Waals surface area contributed by atoms with Crippen molar-refractivity contribution in [1.82, 2.24) is 20.4 Å². The van der Waals surface area contributed by atoms with Gasteiger partial charge in [-0.3, -0.25) is 4.98 Å². The Bertz CT molecular complexity index is 830. The van der Waals surface area contributed by atoms with Gasteiger partial charge in [0.05, 0.1) is 10.7 Å². The lowest BCUT2D eigenvalue weighted by Crippen LogP contribution is -1.88. The van der Waals surface area contributed by atoms with Crippen molar-refractivity contribution < 1.29 is 0 Å². The first-order valence-corrected chi connectivity index (χ1v) is 6.60. The van der Waals surface area contributed by atoms with Gasteiger partial charge in [0, 0.05) is 17.3 Å². The molecule has 5 nitrogen and oxygen atoms in total. The van der Waals surface area contributed by atoms with E-state index in [0.717, 1.165) is 22.4 Å². The van der Waals surface area contributed by atoms with Gasteiger partial charge in [-0.15, -0.1) is 5.10 Å². The summed E-state index contributed by atoms with van der Waals surface area (Å²) in [6.45, 7) is 1.98. The zero-order valence-corrected chi connectivity index (χ0v) is 11.9. The van der Waals surface area contributed by atoms with Crippen LogP contribution >= 0.6 is 11.6 Å². The van der Waals surface area contributed by atoms with Crippen LogP contribution in [0.25, 0.3) is 22.5 Å². The number of H-pyrrole nitrogens is 1. The minimum absolute atomic E-state index is 0.343. The van der Waals surface area contributed by atoms with Gasteiger partial charge < -0.3 is 0 Å². The third kappa shape index (κ3) is 2.62. The normalized spacial score (nSPS) is 10.3. The summed E-state index contributed by atoms with van der Waals surface area (Å²) < 4.78 is 0. The largest absolute Gasteiger partial charge is 0.255 e. The summed E-state index contributed by atoms with van der Waals surface area (Å²) in [7, 11) is 0. The second-order valence-electron chi connectivity index (χ2n) is 4.60. The van der Waals surface area contributed by atoms with Crippen LogP contribution in [0.5, 0.6) is 0 Å². The van der Waals surface area contributed by atoms with Gasteiger partial charge in [0.1, 0.15) is 11.8 Å². The molecule has 0 radical (unpaired) electrons. The van der Waals surface area contributed by atoms with Crippen LogP contribution in [0.1, 0.15) is 11.3 Å². The third-order valence-corrected chi connectivity index (χ3v) is 3.26. The first kappa shape index (κ1) is 13.3. The fourth-order valence-corrected chi connectivity index (χ4v) is 2.23. The van der Waals surface area contributed by atoms with Crippen molar-refractivity contribution in [2.45, 2.75) is 6.92 Å². The van der Waals surface area contributed by atoms with Crippen LogP contribution in [-0.2, 0) is 0 Å². The van der Waals surface area contributed by atoms with Crippen LogP contribution < -0.4 is 0 Å². The molecule has 102 valence electrons. The molecule has 0 saturated heterocycles. The number of nitriles is 1. The molecular weight excluding hydrogens is 286 g/mol. The molecule has 0 aliphatic heterocycles. The van der Waals surface area contributed by atoms with Gasteiger partial charge >= 0.3 is 0 Å². The van der Waals surface area contributed by atoms with Gasteiger partial charge in [-0.05, 0) is 42.8 Å². The molecule has 0 aliphatic rings. The molecule has 1 aromatic carbocycles. The molecule has 0 amide bonds. The molecule has 0 atom stereocenters. The lowest BCUT2D eigenvalue weighted by Gasteiger charge is -2.06. The summed E-state index contributed by atoms with van der Waals surface area (Å²) in [5.74, 6) is 0. The Labute approximate surface area is 126 Å². The molecular formula is C15H10ClN5. The van der Waals surface area contributed by atoms with Crippen LogP contribution in [0.2, 0.25) is 5.02 Å². The van der Waals surface area contributed by atoms with E-state index < -0.39 is 0 Å². The Morgan fingerprint density at radius 1 is 1.19 bits per heavy atom. The molecule has 3 rings (SSSR count). The number of hydrogen-bond acceptors (Lipinski definition) is 4. The highest BCUT2D eigenvalue weighted by Crippen LogP contribution is 2.27. The monoisotopic (exact) mass is 295 g/mol. The Morgan fingerprint density at radius 2 is 2.00 bits per heavy atom. The van der Waals surface area contributed by atoms with Crippen molar-refractivity contribution in [3.05, 3.63) is 52.8 Å². The van der Waals surface area contributed by atoms with Gasteiger partial charge in [-0.1, -0.05) is 16.8 Å². The van der Waals surface area contributed by atoms with Crippen molar-refractivity contribution in [2.75, 3.05) is 0 Å². The number of aromatic amines is 1. The van der Waals surface area contributed by atoms with Crippen LogP contribution in [0.3, 0.4) is 0 Å². The number of nitrogens with one attached hydrogen (secondary N) is 1. The van der Waals surface area contributed by atoms with Crippen molar-refractivity contribution in [3.63, 3.8) is 0 Å². The SMILES string of the molecule is Cc1cc(-c2ccc(Cl)cn2)cc(-c2nn[nH]c2C#N)c1. The zero-order chi connectivity index (χ0) is 14.8. The Balaban J connectivity index is 2.13. The maximum atomic E-state index is 9.07. The average Bonchev–Trinajstić information content (AvgIpc) is 2.96. The summed E-state index contributed by atoms with van der Waals surface area (Å²) in [6.07, 6.45) is 1.61. The average molecular weight is 296 g/mol. The highest BCUT2D eigenvalue weighted by Gasteiger charge is 2.11. The van der Waals surface area contributed by atoms with E-state index in [1.54, 1.807) is 12.3 Å². The Hall–Kier alpha value is -2.71. The maximum absolute atomic E-state index is 9.07. The molecule has 0 bridgehead atoms. The van der Waals surface area contributed by atoms with E-state index in [0.29, 0.717) is 16.4 Å². The summed E-state index contributed by atoms with van der Waals surface area (Å²) in [6, 6.07) is 11.6. The summed E-state index contributed by atoms with van der Waals surface area (Å²) in [5, 5.41) is 19.9. The van der Waals surface area contributed by atoms with Crippen LogP contribution in [0.4, 0.5) is 0 Å². The molecule has 6 heteroatoms. The van der Waals surface area contributed by atoms with Gasteiger partial charge in [0.2, 0.25) is 0 Å². The number of nitrogens with zero attached hydrogens (tertiary/aromatic N) is 4. The standard InChI is InChI=1S/C15H10ClN5/c1-9-4-10(13-3-2-12(16)8-18-13)6-11(5-9)15-14(7-17)19-21-20-15/h2-6,8H,1H3,(H,19,20,21). The molecule has 0 fully saturated rings. The number of pyridine rings is 1. The second-order valence-corrected chi connectivity index (χ2v) is 5.03. The highest BCUT2D eigenvalue weighted by molar-refractivity contribution is 6.30. The summed E-state index contributed by atoms with van der Waals surface area (Å²) in [4.78, 5) is 4.31. The van der Waals surface area contributed by atoms with E-state index in [1.807, 2.05) is 37.3 Å². The van der Waals surface area contributed by atoms with Crippen LogP contribution in [-0.4, -0.2) is 20.4 Å². The van der Waals surface area contributed by atoms with Gasteiger partial charge in [0.15, 0.2) is 5.69 Å². The molecule has 2 aromatic heterocycles. The summed E-state index contributed by atoms with van der Waals surface area (Å²) >= 11 is 5.86. The van der Waals surface area contributed by atoms with Gasteiger partial charge in [0.25, 0.3) is 0 Å². The molecule has 3 aromatic rings. The molecule has 2 heterocycles. The predicted octanol–water partition coefficient (Wildman–Crippen LogP) is 3.37. The van der Waals surface area contributed by atoms with E-state index in [-0.39, 0.29) is 0 Å². The predicted molar refractivity (Wildman–Crippen MR) is 79.5 cm³/mol. The van der Waals surface area contributed by atoms with E-state index >= 15 is 0 Å². The zero-order valence-electron chi connectivity index (χ0n) is 11.1. The smallest absolute Gasteiger partial charge is 0.163 e. The molecule has 0 unspecified atom stereocenters. The molecule has 1 N–H and O–H groups in total. The number of aromatic nitrogens is 4. The quantitative estimate of drug-likeness (QED) is 0.786. The van der Waals surface area contributed by atoms with E-state index in [4.69, 9.17) is 16.9 Å². The summed E-state index contributed by atoms with van der Waals surface area (Å²) in [5.41, 5.74) is 4.50. The molecule has 0 aliphatic carbocycles. The van der Waals surface area contributed by atoms with E-state index in [9.17, 15) is 0 Å². The number of benzene rings is 1. The van der Waals surface area contributed by atoms with Crippen LogP contribution in [0.15, 0.2) is 36.5 Å². The minimum atomic E-state index is 0.343. The fourth-order valence-electron chi connectivity index (χ4n) is 2.12.